The number of hydrogen-bond acceptors (Lipinski definition) is 3. The fraction of sp³-hybridized carbons (Fsp3) is 0.654. The van der Waals surface area contributed by atoms with Crippen molar-refractivity contribution in [2.75, 3.05) is 7.05 Å². The van der Waals surface area contributed by atoms with Crippen LogP contribution in [0, 0.1) is 35.5 Å². The lowest BCUT2D eigenvalue weighted by Gasteiger charge is -2.60. The van der Waals surface area contributed by atoms with Crippen molar-refractivity contribution in [1.29, 1.82) is 0 Å². The SMILES string of the molecule is Cc1ccc(C(=O)N[C@H]2CC[C@H]3[C@@H]4CC[C@H]5N(C)C(=O)C=C[C@]5(C)[C@H]4CC[C@]23C)nc1. The predicted octanol–water partition coefficient (Wildman–Crippen LogP) is 4.13. The van der Waals surface area contributed by atoms with E-state index in [-0.39, 0.29) is 28.7 Å². The summed E-state index contributed by atoms with van der Waals surface area (Å²) in [4.78, 5) is 31.5. The molecule has 4 aliphatic rings. The number of carbonyl (C=O) groups excluding carboxylic acids is 2. The zero-order valence-electron chi connectivity index (χ0n) is 19.2. The third-order valence-electron chi connectivity index (χ3n) is 9.58. The van der Waals surface area contributed by atoms with Gasteiger partial charge in [0.2, 0.25) is 5.91 Å². The molecular formula is C26H35N3O2. The van der Waals surface area contributed by atoms with E-state index in [0.717, 1.165) is 24.8 Å². The van der Waals surface area contributed by atoms with Crippen LogP contribution in [0.3, 0.4) is 0 Å². The van der Waals surface area contributed by atoms with Crippen LogP contribution in [0.2, 0.25) is 0 Å². The van der Waals surface area contributed by atoms with E-state index in [1.54, 1.807) is 12.3 Å². The quantitative estimate of drug-likeness (QED) is 0.781. The minimum atomic E-state index is -0.0416. The molecule has 166 valence electrons. The smallest absolute Gasteiger partial charge is 0.270 e. The summed E-state index contributed by atoms with van der Waals surface area (Å²) in [5.74, 6) is 2.03. The van der Waals surface area contributed by atoms with Crippen LogP contribution < -0.4 is 5.32 Å². The van der Waals surface area contributed by atoms with Crippen molar-refractivity contribution < 1.29 is 9.59 Å². The van der Waals surface area contributed by atoms with Crippen molar-refractivity contribution in [3.63, 3.8) is 0 Å². The fourth-order valence-corrected chi connectivity index (χ4v) is 7.81. The summed E-state index contributed by atoms with van der Waals surface area (Å²) in [7, 11) is 1.97. The predicted molar refractivity (Wildman–Crippen MR) is 120 cm³/mol. The van der Waals surface area contributed by atoms with Crippen LogP contribution in [0.1, 0.15) is 68.4 Å². The molecule has 1 aromatic heterocycles. The van der Waals surface area contributed by atoms with E-state index in [4.69, 9.17) is 0 Å². The Bertz CT molecular complexity index is 925. The molecular weight excluding hydrogens is 386 g/mol. The van der Waals surface area contributed by atoms with Gasteiger partial charge in [0.25, 0.3) is 5.91 Å². The summed E-state index contributed by atoms with van der Waals surface area (Å²) in [6, 6.07) is 4.31. The standard InChI is InChI=1S/C26H35N3O2/c1-16-5-8-20(27-15-16)24(31)28-21-9-7-18-17-6-10-22-26(3,14-12-23(30)29(22)4)19(17)11-13-25(18,21)2/h5,8,12,14-15,17-19,21-22H,6-7,9-11,13H2,1-4H3,(H,28,31)/t17-,18-,19-,21-,22+,25-,26+/m0/s1. The van der Waals surface area contributed by atoms with E-state index in [1.165, 1.54) is 19.3 Å². The van der Waals surface area contributed by atoms with Crippen molar-refractivity contribution in [1.82, 2.24) is 15.2 Å². The number of hydrogen-bond donors (Lipinski definition) is 1. The monoisotopic (exact) mass is 421 g/mol. The number of aromatic nitrogens is 1. The summed E-state index contributed by atoms with van der Waals surface area (Å²) in [5, 5.41) is 3.36. The molecule has 0 saturated heterocycles. The molecule has 0 radical (unpaired) electrons. The van der Waals surface area contributed by atoms with E-state index in [0.29, 0.717) is 29.5 Å². The molecule has 0 aromatic carbocycles. The first-order valence-corrected chi connectivity index (χ1v) is 11.9. The van der Waals surface area contributed by atoms with Gasteiger partial charge in [-0.25, -0.2) is 0 Å². The Kier molecular flexibility index (Phi) is 4.80. The number of carbonyl (C=O) groups is 2. The lowest BCUT2D eigenvalue weighted by Crippen LogP contribution is -2.60. The Balaban J connectivity index is 1.36. The third-order valence-corrected chi connectivity index (χ3v) is 9.58. The molecule has 0 bridgehead atoms. The van der Waals surface area contributed by atoms with Crippen molar-refractivity contribution in [3.8, 4) is 0 Å². The van der Waals surface area contributed by atoms with Gasteiger partial charge in [0.1, 0.15) is 5.69 Å². The number of likely N-dealkylation sites (N-methyl/N-ethyl adjacent to an activating group) is 1. The zero-order chi connectivity index (χ0) is 22.0. The molecule has 3 saturated carbocycles. The molecule has 5 nitrogen and oxygen atoms in total. The second-order valence-electron chi connectivity index (χ2n) is 11.0. The van der Waals surface area contributed by atoms with Gasteiger partial charge >= 0.3 is 0 Å². The highest BCUT2D eigenvalue weighted by Gasteiger charge is 2.60. The molecule has 2 heterocycles. The minimum Gasteiger partial charge on any atom is -0.347 e. The largest absolute Gasteiger partial charge is 0.347 e. The van der Waals surface area contributed by atoms with Crippen LogP contribution in [-0.4, -0.2) is 40.8 Å². The van der Waals surface area contributed by atoms with E-state index in [2.05, 4.69) is 30.2 Å². The molecule has 1 aromatic rings. The van der Waals surface area contributed by atoms with Crippen molar-refractivity contribution in [3.05, 3.63) is 41.7 Å². The number of fused-ring (bicyclic) bond motifs is 5. The van der Waals surface area contributed by atoms with E-state index in [1.807, 2.05) is 31.0 Å². The van der Waals surface area contributed by atoms with Crippen LogP contribution in [0.25, 0.3) is 0 Å². The number of nitrogens with one attached hydrogen (secondary N) is 1. The highest BCUT2D eigenvalue weighted by molar-refractivity contribution is 5.92. The Morgan fingerprint density at radius 1 is 1.13 bits per heavy atom. The Labute approximate surface area is 185 Å². The van der Waals surface area contributed by atoms with Gasteiger partial charge < -0.3 is 10.2 Å². The second-order valence-corrected chi connectivity index (χ2v) is 11.0. The molecule has 3 fully saturated rings. The first-order chi connectivity index (χ1) is 14.7. The van der Waals surface area contributed by atoms with Gasteiger partial charge in [-0.3, -0.25) is 14.6 Å². The minimum absolute atomic E-state index is 0.0416. The summed E-state index contributed by atoms with van der Waals surface area (Å²) in [5.41, 5.74) is 1.79. The Morgan fingerprint density at radius 2 is 1.94 bits per heavy atom. The van der Waals surface area contributed by atoms with Crippen molar-refractivity contribution >= 4 is 11.8 Å². The maximum atomic E-state index is 12.9. The molecule has 5 rings (SSSR count). The maximum absolute atomic E-state index is 12.9. The Morgan fingerprint density at radius 3 is 2.68 bits per heavy atom. The topological polar surface area (TPSA) is 62.3 Å². The summed E-state index contributed by atoms with van der Waals surface area (Å²) >= 11 is 0. The van der Waals surface area contributed by atoms with E-state index >= 15 is 0 Å². The molecule has 7 atom stereocenters. The average Bonchev–Trinajstić information content (AvgIpc) is 3.08. The van der Waals surface area contributed by atoms with Crippen LogP contribution in [0.4, 0.5) is 0 Å². The maximum Gasteiger partial charge on any atom is 0.270 e. The summed E-state index contributed by atoms with van der Waals surface area (Å²) in [6.45, 7) is 6.78. The van der Waals surface area contributed by atoms with E-state index in [9.17, 15) is 9.59 Å². The second kappa shape index (κ2) is 7.18. The molecule has 31 heavy (non-hydrogen) atoms. The molecule has 1 N–H and O–H groups in total. The normalized spacial score (nSPS) is 41.4. The number of pyridine rings is 1. The van der Waals surface area contributed by atoms with Crippen LogP contribution in [-0.2, 0) is 4.79 Å². The molecule has 5 heteroatoms. The van der Waals surface area contributed by atoms with Gasteiger partial charge in [0, 0.05) is 30.7 Å². The lowest BCUT2D eigenvalue weighted by atomic mass is 9.48. The first-order valence-electron chi connectivity index (χ1n) is 11.9. The van der Waals surface area contributed by atoms with Gasteiger partial charge in [-0.2, -0.15) is 0 Å². The zero-order valence-corrected chi connectivity index (χ0v) is 19.2. The third kappa shape index (κ3) is 3.07. The van der Waals surface area contributed by atoms with Crippen molar-refractivity contribution in [2.45, 2.75) is 71.4 Å². The molecule has 2 amide bonds. The van der Waals surface area contributed by atoms with Crippen LogP contribution >= 0.6 is 0 Å². The fourth-order valence-electron chi connectivity index (χ4n) is 7.81. The number of aryl methyl sites for hydroxylation is 1. The van der Waals surface area contributed by atoms with Crippen molar-refractivity contribution in [2.24, 2.45) is 28.6 Å². The highest BCUT2D eigenvalue weighted by atomic mass is 16.2. The molecule has 0 spiro atoms. The summed E-state index contributed by atoms with van der Waals surface area (Å²) in [6.07, 6.45) is 12.6. The van der Waals surface area contributed by atoms with Gasteiger partial charge in [-0.1, -0.05) is 26.0 Å². The number of amides is 2. The lowest BCUT2D eigenvalue weighted by molar-refractivity contribution is -0.138. The molecule has 1 aliphatic heterocycles. The number of nitrogens with zero attached hydrogens (tertiary/aromatic N) is 2. The molecule has 3 aliphatic carbocycles. The van der Waals surface area contributed by atoms with Gasteiger partial charge in [-0.05, 0) is 86.3 Å². The van der Waals surface area contributed by atoms with Gasteiger partial charge in [0.15, 0.2) is 0 Å². The molecule has 0 unspecified atom stereocenters. The first kappa shape index (κ1) is 20.7. The van der Waals surface area contributed by atoms with Crippen LogP contribution in [0.5, 0.6) is 0 Å². The average molecular weight is 422 g/mol. The highest BCUT2D eigenvalue weighted by Crippen LogP contribution is 2.63. The summed E-state index contributed by atoms with van der Waals surface area (Å²) < 4.78 is 0. The number of rotatable bonds is 2. The Hall–Kier alpha value is -2.17. The van der Waals surface area contributed by atoms with E-state index < -0.39 is 0 Å². The van der Waals surface area contributed by atoms with Gasteiger partial charge in [-0.15, -0.1) is 0 Å². The van der Waals surface area contributed by atoms with Crippen LogP contribution in [0.15, 0.2) is 30.5 Å². The van der Waals surface area contributed by atoms with Gasteiger partial charge in [0.05, 0.1) is 0 Å².